The lowest BCUT2D eigenvalue weighted by Crippen LogP contribution is -2.37. The van der Waals surface area contributed by atoms with Crippen LogP contribution in [0.3, 0.4) is 0 Å². The molecule has 3 heterocycles. The Hall–Kier alpha value is -2.08. The quantitative estimate of drug-likeness (QED) is 0.616. The molecular weight excluding hydrogens is 330 g/mol. The van der Waals surface area contributed by atoms with E-state index >= 15 is 0 Å². The summed E-state index contributed by atoms with van der Waals surface area (Å²) < 4.78 is 0. The van der Waals surface area contributed by atoms with E-state index in [9.17, 15) is 0 Å². The Labute approximate surface area is 154 Å². The molecule has 1 aliphatic heterocycles. The summed E-state index contributed by atoms with van der Waals surface area (Å²) in [4.78, 5) is 12.6. The van der Waals surface area contributed by atoms with Gasteiger partial charge in [-0.15, -0.1) is 11.3 Å². The predicted molar refractivity (Wildman–Crippen MR) is 107 cm³/mol. The van der Waals surface area contributed by atoms with Gasteiger partial charge in [0.2, 0.25) is 0 Å². The van der Waals surface area contributed by atoms with Crippen LogP contribution in [-0.2, 0) is 13.0 Å². The molecule has 0 aliphatic carbocycles. The molecule has 0 amide bonds. The van der Waals surface area contributed by atoms with E-state index in [0.29, 0.717) is 0 Å². The van der Waals surface area contributed by atoms with Crippen LogP contribution >= 0.6 is 11.3 Å². The van der Waals surface area contributed by atoms with Gasteiger partial charge in [-0.05, 0) is 54.8 Å². The minimum atomic E-state index is 0.752. The molecular formula is C19H27N5S. The molecule has 0 aromatic carbocycles. The van der Waals surface area contributed by atoms with Crippen LogP contribution in [0.4, 0.5) is 5.82 Å². The van der Waals surface area contributed by atoms with Gasteiger partial charge in [0.1, 0.15) is 5.82 Å². The summed E-state index contributed by atoms with van der Waals surface area (Å²) in [5, 5.41) is 8.88. The van der Waals surface area contributed by atoms with E-state index < -0.39 is 0 Å². The van der Waals surface area contributed by atoms with E-state index in [1.54, 1.807) is 11.3 Å². The van der Waals surface area contributed by atoms with Crippen LogP contribution in [0.2, 0.25) is 0 Å². The summed E-state index contributed by atoms with van der Waals surface area (Å²) in [6, 6.07) is 8.52. The average Bonchev–Trinajstić information content (AvgIpc) is 3.19. The lowest BCUT2D eigenvalue weighted by molar-refractivity contribution is 0.573. The minimum Gasteiger partial charge on any atom is -0.357 e. The normalized spacial score (nSPS) is 15.2. The van der Waals surface area contributed by atoms with Crippen LogP contribution in [0.25, 0.3) is 0 Å². The monoisotopic (exact) mass is 357 g/mol. The Bertz CT molecular complexity index is 662. The summed E-state index contributed by atoms with van der Waals surface area (Å²) in [6.45, 7) is 3.88. The highest BCUT2D eigenvalue weighted by atomic mass is 32.1. The number of aliphatic imine (C=N–C) groups is 1. The predicted octanol–water partition coefficient (Wildman–Crippen LogP) is 3.04. The molecule has 0 atom stereocenters. The van der Waals surface area contributed by atoms with Crippen molar-refractivity contribution in [2.75, 3.05) is 31.6 Å². The smallest absolute Gasteiger partial charge is 0.191 e. The zero-order valence-electron chi connectivity index (χ0n) is 14.9. The van der Waals surface area contributed by atoms with Crippen molar-refractivity contribution in [3.05, 3.63) is 46.3 Å². The van der Waals surface area contributed by atoms with Crippen molar-refractivity contribution in [3.63, 3.8) is 0 Å². The third-order valence-electron chi connectivity index (χ3n) is 4.42. The lowest BCUT2D eigenvalue weighted by Gasteiger charge is -2.28. The molecule has 6 heteroatoms. The van der Waals surface area contributed by atoms with Crippen LogP contribution in [0.15, 0.2) is 40.8 Å². The van der Waals surface area contributed by atoms with Gasteiger partial charge in [0.25, 0.3) is 0 Å². The molecule has 134 valence electrons. The number of anilines is 1. The van der Waals surface area contributed by atoms with Gasteiger partial charge in [0.15, 0.2) is 5.96 Å². The van der Waals surface area contributed by atoms with Crippen molar-refractivity contribution < 1.29 is 0 Å². The SMILES string of the molecule is CN=C(NCCc1cccs1)NCc1ccnc(N2CCCCC2)c1. The highest BCUT2D eigenvalue weighted by Crippen LogP contribution is 2.18. The molecule has 0 spiro atoms. The molecule has 5 nitrogen and oxygen atoms in total. The van der Waals surface area contributed by atoms with Gasteiger partial charge in [0.05, 0.1) is 0 Å². The summed E-state index contributed by atoms with van der Waals surface area (Å²) in [5.41, 5.74) is 1.23. The van der Waals surface area contributed by atoms with Gasteiger partial charge >= 0.3 is 0 Å². The van der Waals surface area contributed by atoms with Gasteiger partial charge in [-0.1, -0.05) is 6.07 Å². The first-order valence-electron chi connectivity index (χ1n) is 9.02. The molecule has 0 bridgehead atoms. The Kier molecular flexibility index (Phi) is 6.68. The summed E-state index contributed by atoms with van der Waals surface area (Å²) in [7, 11) is 1.81. The second-order valence-electron chi connectivity index (χ2n) is 6.25. The van der Waals surface area contributed by atoms with Gasteiger partial charge < -0.3 is 15.5 Å². The minimum absolute atomic E-state index is 0.752. The van der Waals surface area contributed by atoms with Crippen molar-refractivity contribution in [2.45, 2.75) is 32.2 Å². The second kappa shape index (κ2) is 9.42. The van der Waals surface area contributed by atoms with Crippen LogP contribution in [0.5, 0.6) is 0 Å². The first-order valence-corrected chi connectivity index (χ1v) is 9.90. The van der Waals surface area contributed by atoms with E-state index in [4.69, 9.17) is 0 Å². The Morgan fingerprint density at radius 3 is 2.88 bits per heavy atom. The van der Waals surface area contributed by atoms with Crippen LogP contribution in [-0.4, -0.2) is 37.6 Å². The van der Waals surface area contributed by atoms with Crippen LogP contribution < -0.4 is 15.5 Å². The fourth-order valence-electron chi connectivity index (χ4n) is 3.03. The largest absolute Gasteiger partial charge is 0.357 e. The number of thiophene rings is 1. The van der Waals surface area contributed by atoms with Crippen LogP contribution in [0, 0.1) is 0 Å². The summed E-state index contributed by atoms with van der Waals surface area (Å²) in [5.74, 6) is 1.94. The molecule has 0 radical (unpaired) electrons. The van der Waals surface area contributed by atoms with E-state index in [1.807, 2.05) is 13.2 Å². The van der Waals surface area contributed by atoms with Crippen molar-refractivity contribution >= 4 is 23.1 Å². The standard InChI is InChI=1S/C19H27N5S/c1-20-19(22-10-8-17-6-5-13-25-17)23-15-16-7-9-21-18(14-16)24-11-3-2-4-12-24/h5-7,9,13-14H,2-4,8,10-12,15H2,1H3,(H2,20,22,23). The van der Waals surface area contributed by atoms with Gasteiger partial charge in [-0.25, -0.2) is 4.98 Å². The first kappa shape index (κ1) is 17.7. The van der Waals surface area contributed by atoms with Gasteiger partial charge in [0, 0.05) is 44.3 Å². The zero-order valence-corrected chi connectivity index (χ0v) is 15.7. The maximum atomic E-state index is 4.54. The molecule has 2 aromatic heterocycles. The number of guanidine groups is 1. The zero-order chi connectivity index (χ0) is 17.3. The van der Waals surface area contributed by atoms with Crippen molar-refractivity contribution in [1.82, 2.24) is 15.6 Å². The molecule has 1 aliphatic rings. The molecule has 2 aromatic rings. The van der Waals surface area contributed by atoms with Crippen molar-refractivity contribution in [1.29, 1.82) is 0 Å². The first-order chi connectivity index (χ1) is 12.3. The Balaban J connectivity index is 1.47. The Morgan fingerprint density at radius 1 is 1.24 bits per heavy atom. The number of piperidine rings is 1. The number of nitrogens with zero attached hydrogens (tertiary/aromatic N) is 3. The topological polar surface area (TPSA) is 52.6 Å². The van der Waals surface area contributed by atoms with E-state index in [-0.39, 0.29) is 0 Å². The molecule has 1 fully saturated rings. The third-order valence-corrected chi connectivity index (χ3v) is 5.35. The number of hydrogen-bond acceptors (Lipinski definition) is 4. The fraction of sp³-hybridized carbons (Fsp3) is 0.474. The van der Waals surface area contributed by atoms with Gasteiger partial charge in [-0.2, -0.15) is 0 Å². The number of nitrogens with one attached hydrogen (secondary N) is 2. The summed E-state index contributed by atoms with van der Waals surface area (Å²) >= 11 is 1.80. The molecule has 2 N–H and O–H groups in total. The molecule has 3 rings (SSSR count). The van der Waals surface area contributed by atoms with E-state index in [2.05, 4.69) is 55.2 Å². The number of rotatable bonds is 6. The number of aromatic nitrogens is 1. The third kappa shape index (κ3) is 5.46. The van der Waals surface area contributed by atoms with Crippen molar-refractivity contribution in [2.24, 2.45) is 4.99 Å². The molecule has 0 saturated carbocycles. The van der Waals surface area contributed by atoms with E-state index in [1.165, 1.54) is 29.7 Å². The lowest BCUT2D eigenvalue weighted by atomic mass is 10.1. The van der Waals surface area contributed by atoms with Gasteiger partial charge in [-0.3, -0.25) is 4.99 Å². The molecule has 1 saturated heterocycles. The maximum absolute atomic E-state index is 4.54. The number of pyridine rings is 1. The highest BCUT2D eigenvalue weighted by molar-refractivity contribution is 7.09. The van der Waals surface area contributed by atoms with Crippen LogP contribution in [0.1, 0.15) is 29.7 Å². The van der Waals surface area contributed by atoms with Crippen molar-refractivity contribution in [3.8, 4) is 0 Å². The molecule has 25 heavy (non-hydrogen) atoms. The number of hydrogen-bond donors (Lipinski definition) is 2. The fourth-order valence-corrected chi connectivity index (χ4v) is 3.74. The second-order valence-corrected chi connectivity index (χ2v) is 7.28. The molecule has 0 unspecified atom stereocenters. The average molecular weight is 358 g/mol. The summed E-state index contributed by atoms with van der Waals surface area (Å²) in [6.07, 6.45) is 6.81. The maximum Gasteiger partial charge on any atom is 0.191 e. The van der Waals surface area contributed by atoms with E-state index in [0.717, 1.165) is 44.4 Å². The highest BCUT2D eigenvalue weighted by Gasteiger charge is 2.12. The Morgan fingerprint density at radius 2 is 2.12 bits per heavy atom.